The Kier molecular flexibility index (Phi) is 11.3. The first-order chi connectivity index (χ1) is 13.5. The normalized spacial score (nSPS) is 11.9. The molecule has 0 aliphatic heterocycles. The Bertz CT molecular complexity index is 813. The average Bonchev–Trinajstić information content (AvgIpc) is 2.70. The van der Waals surface area contributed by atoms with Gasteiger partial charge in [0.1, 0.15) is 5.82 Å². The van der Waals surface area contributed by atoms with Crippen LogP contribution in [0.3, 0.4) is 0 Å². The SMILES string of the molecule is CCC(C)NC(=O)c1cccc(CNC(=NC)NCCc2cccc(F)c2)c1.I. The van der Waals surface area contributed by atoms with Crippen LogP contribution >= 0.6 is 24.0 Å². The summed E-state index contributed by atoms with van der Waals surface area (Å²) in [5.41, 5.74) is 2.57. The van der Waals surface area contributed by atoms with E-state index in [1.54, 1.807) is 13.1 Å². The fourth-order valence-electron chi connectivity index (χ4n) is 2.66. The summed E-state index contributed by atoms with van der Waals surface area (Å²) in [6.45, 7) is 5.21. The van der Waals surface area contributed by atoms with Crippen molar-refractivity contribution in [2.45, 2.75) is 39.3 Å². The first-order valence-electron chi connectivity index (χ1n) is 9.60. The summed E-state index contributed by atoms with van der Waals surface area (Å²) in [5, 5.41) is 9.42. The van der Waals surface area contributed by atoms with Gasteiger partial charge in [-0.25, -0.2) is 4.39 Å². The zero-order chi connectivity index (χ0) is 20.4. The Morgan fingerprint density at radius 3 is 2.52 bits per heavy atom. The summed E-state index contributed by atoms with van der Waals surface area (Å²) in [6, 6.07) is 14.3. The second kappa shape index (κ2) is 13.1. The largest absolute Gasteiger partial charge is 0.356 e. The monoisotopic (exact) mass is 512 g/mol. The number of carbonyl (C=O) groups excluding carboxylic acids is 1. The van der Waals surface area contributed by atoms with E-state index in [2.05, 4.69) is 20.9 Å². The van der Waals surface area contributed by atoms with Crippen LogP contribution in [0, 0.1) is 5.82 Å². The molecule has 29 heavy (non-hydrogen) atoms. The quantitative estimate of drug-likeness (QED) is 0.286. The van der Waals surface area contributed by atoms with Gasteiger partial charge in [-0.3, -0.25) is 9.79 Å². The molecule has 0 aliphatic rings. The van der Waals surface area contributed by atoms with E-state index in [0.717, 1.165) is 17.5 Å². The lowest BCUT2D eigenvalue weighted by Crippen LogP contribution is -2.38. The van der Waals surface area contributed by atoms with E-state index >= 15 is 0 Å². The fraction of sp³-hybridized carbons (Fsp3) is 0.364. The number of benzene rings is 2. The number of guanidine groups is 1. The highest BCUT2D eigenvalue weighted by atomic mass is 127. The highest BCUT2D eigenvalue weighted by molar-refractivity contribution is 14.0. The molecule has 1 unspecified atom stereocenters. The van der Waals surface area contributed by atoms with Crippen molar-refractivity contribution < 1.29 is 9.18 Å². The molecule has 0 radical (unpaired) electrons. The second-order valence-corrected chi connectivity index (χ2v) is 6.72. The smallest absolute Gasteiger partial charge is 0.251 e. The second-order valence-electron chi connectivity index (χ2n) is 6.72. The molecule has 2 aromatic carbocycles. The van der Waals surface area contributed by atoms with Gasteiger partial charge in [-0.15, -0.1) is 24.0 Å². The minimum atomic E-state index is -0.225. The number of aliphatic imine (C=N–C) groups is 1. The number of hydrogen-bond acceptors (Lipinski definition) is 2. The first-order valence-corrected chi connectivity index (χ1v) is 9.60. The van der Waals surface area contributed by atoms with Crippen LogP contribution in [0.4, 0.5) is 4.39 Å². The van der Waals surface area contributed by atoms with Gasteiger partial charge in [0.25, 0.3) is 5.91 Å². The van der Waals surface area contributed by atoms with Crippen molar-refractivity contribution in [2.24, 2.45) is 4.99 Å². The van der Waals surface area contributed by atoms with Gasteiger partial charge in [0.05, 0.1) is 0 Å². The van der Waals surface area contributed by atoms with Crippen LogP contribution in [0.2, 0.25) is 0 Å². The lowest BCUT2D eigenvalue weighted by atomic mass is 10.1. The third-order valence-corrected chi connectivity index (χ3v) is 4.46. The number of rotatable bonds is 8. The van der Waals surface area contributed by atoms with Gasteiger partial charge in [0.15, 0.2) is 5.96 Å². The molecule has 0 heterocycles. The maximum absolute atomic E-state index is 13.2. The van der Waals surface area contributed by atoms with Crippen molar-refractivity contribution in [1.82, 2.24) is 16.0 Å². The van der Waals surface area contributed by atoms with E-state index in [9.17, 15) is 9.18 Å². The van der Waals surface area contributed by atoms with Crippen molar-refractivity contribution in [3.8, 4) is 0 Å². The summed E-state index contributed by atoms with van der Waals surface area (Å²) >= 11 is 0. The van der Waals surface area contributed by atoms with E-state index in [4.69, 9.17) is 0 Å². The van der Waals surface area contributed by atoms with Crippen molar-refractivity contribution >= 4 is 35.8 Å². The number of halogens is 2. The molecule has 2 aromatic rings. The van der Waals surface area contributed by atoms with Gasteiger partial charge in [-0.05, 0) is 55.2 Å². The Hall–Kier alpha value is -2.16. The average molecular weight is 512 g/mol. The predicted molar refractivity (Wildman–Crippen MR) is 127 cm³/mol. The topological polar surface area (TPSA) is 65.5 Å². The van der Waals surface area contributed by atoms with Crippen LogP contribution in [0.25, 0.3) is 0 Å². The van der Waals surface area contributed by atoms with E-state index in [-0.39, 0.29) is 41.7 Å². The molecule has 0 aliphatic carbocycles. The summed E-state index contributed by atoms with van der Waals surface area (Å²) in [4.78, 5) is 16.5. The van der Waals surface area contributed by atoms with Crippen LogP contribution < -0.4 is 16.0 Å². The van der Waals surface area contributed by atoms with Crippen molar-refractivity contribution in [3.63, 3.8) is 0 Å². The number of nitrogens with zero attached hydrogens (tertiary/aromatic N) is 1. The summed E-state index contributed by atoms with van der Waals surface area (Å²) in [5.74, 6) is 0.372. The molecule has 0 saturated carbocycles. The summed E-state index contributed by atoms with van der Waals surface area (Å²) < 4.78 is 13.2. The Morgan fingerprint density at radius 1 is 1.10 bits per heavy atom. The molecule has 3 N–H and O–H groups in total. The Morgan fingerprint density at radius 2 is 1.83 bits per heavy atom. The third kappa shape index (κ3) is 8.81. The fourth-order valence-corrected chi connectivity index (χ4v) is 2.66. The first kappa shape index (κ1) is 24.9. The Balaban J connectivity index is 0.00000420. The van der Waals surface area contributed by atoms with Gasteiger partial charge in [-0.1, -0.05) is 31.2 Å². The summed E-state index contributed by atoms with van der Waals surface area (Å²) in [6.07, 6.45) is 1.59. The van der Waals surface area contributed by atoms with E-state index in [1.165, 1.54) is 12.1 Å². The van der Waals surface area contributed by atoms with Crippen molar-refractivity contribution in [1.29, 1.82) is 0 Å². The number of nitrogens with one attached hydrogen (secondary N) is 3. The predicted octanol–water partition coefficient (Wildman–Crippen LogP) is 3.88. The highest BCUT2D eigenvalue weighted by Gasteiger charge is 2.09. The maximum Gasteiger partial charge on any atom is 0.251 e. The van der Waals surface area contributed by atoms with Crippen LogP contribution in [0.1, 0.15) is 41.8 Å². The molecule has 1 amide bonds. The molecular formula is C22H30FIN4O. The van der Waals surface area contributed by atoms with Crippen LogP contribution in [0.5, 0.6) is 0 Å². The number of carbonyl (C=O) groups is 1. The van der Waals surface area contributed by atoms with Gasteiger partial charge in [0.2, 0.25) is 0 Å². The van der Waals surface area contributed by atoms with Crippen LogP contribution in [-0.4, -0.2) is 31.5 Å². The molecule has 0 aromatic heterocycles. The van der Waals surface area contributed by atoms with Crippen molar-refractivity contribution in [2.75, 3.05) is 13.6 Å². The minimum absolute atomic E-state index is 0. The zero-order valence-electron chi connectivity index (χ0n) is 17.2. The highest BCUT2D eigenvalue weighted by Crippen LogP contribution is 2.06. The lowest BCUT2D eigenvalue weighted by molar-refractivity contribution is 0.0939. The molecule has 5 nitrogen and oxygen atoms in total. The third-order valence-electron chi connectivity index (χ3n) is 4.46. The Labute approximate surface area is 189 Å². The maximum atomic E-state index is 13.2. The molecule has 0 saturated heterocycles. The molecule has 0 bridgehead atoms. The standard InChI is InChI=1S/C22H29FN4O.HI/c1-4-16(2)27-21(28)19-9-5-8-18(13-19)15-26-22(24-3)25-12-11-17-7-6-10-20(23)14-17;/h5-10,13-14,16H,4,11-12,15H2,1-3H3,(H,27,28)(H2,24,25,26);1H. The van der Waals surface area contributed by atoms with E-state index in [0.29, 0.717) is 31.0 Å². The van der Waals surface area contributed by atoms with Gasteiger partial charge >= 0.3 is 0 Å². The number of amides is 1. The molecule has 158 valence electrons. The van der Waals surface area contributed by atoms with Gasteiger partial charge in [0, 0.05) is 31.7 Å². The number of hydrogen-bond donors (Lipinski definition) is 3. The molecule has 2 rings (SSSR count). The van der Waals surface area contributed by atoms with E-state index < -0.39 is 0 Å². The summed E-state index contributed by atoms with van der Waals surface area (Å²) in [7, 11) is 1.70. The molecule has 1 atom stereocenters. The molecular weight excluding hydrogens is 482 g/mol. The lowest BCUT2D eigenvalue weighted by Gasteiger charge is -2.14. The molecule has 7 heteroatoms. The van der Waals surface area contributed by atoms with Gasteiger partial charge < -0.3 is 16.0 Å². The van der Waals surface area contributed by atoms with Crippen LogP contribution in [0.15, 0.2) is 53.5 Å². The zero-order valence-corrected chi connectivity index (χ0v) is 19.5. The molecule has 0 spiro atoms. The van der Waals surface area contributed by atoms with E-state index in [1.807, 2.05) is 44.2 Å². The van der Waals surface area contributed by atoms with Crippen LogP contribution in [-0.2, 0) is 13.0 Å². The minimum Gasteiger partial charge on any atom is -0.356 e. The molecule has 0 fully saturated rings. The van der Waals surface area contributed by atoms with Crippen molar-refractivity contribution in [3.05, 3.63) is 71.0 Å². The van der Waals surface area contributed by atoms with Gasteiger partial charge in [-0.2, -0.15) is 0 Å².